The molecule has 1 fully saturated rings. The fourth-order valence-corrected chi connectivity index (χ4v) is 5.21. The van der Waals surface area contributed by atoms with Gasteiger partial charge in [0, 0.05) is 36.8 Å². The van der Waals surface area contributed by atoms with Crippen molar-refractivity contribution in [3.63, 3.8) is 0 Å². The van der Waals surface area contributed by atoms with E-state index in [2.05, 4.69) is 20.3 Å². The van der Waals surface area contributed by atoms with Gasteiger partial charge in [0.25, 0.3) is 5.91 Å². The Kier molecular flexibility index (Phi) is 5.08. The average Bonchev–Trinajstić information content (AvgIpc) is 3.40. The van der Waals surface area contributed by atoms with Crippen LogP contribution in [0.4, 0.5) is 11.5 Å². The highest BCUT2D eigenvalue weighted by Gasteiger charge is 2.43. The number of anilines is 2. The number of nitrogens with two attached hydrogens (primary N) is 1. The van der Waals surface area contributed by atoms with Crippen LogP contribution in [0.2, 0.25) is 0 Å². The molecule has 4 aromatic rings. The number of rotatable bonds is 3. The van der Waals surface area contributed by atoms with Crippen molar-refractivity contribution in [1.82, 2.24) is 29.7 Å². The molecule has 2 N–H and O–H groups in total. The lowest BCUT2D eigenvalue weighted by atomic mass is 9.96. The van der Waals surface area contributed by atoms with E-state index in [0.29, 0.717) is 24.4 Å². The third kappa shape index (κ3) is 3.39. The molecular weight excluding hydrogens is 452 g/mol. The van der Waals surface area contributed by atoms with Crippen molar-refractivity contribution in [1.29, 1.82) is 0 Å². The van der Waals surface area contributed by atoms with Crippen molar-refractivity contribution in [2.75, 3.05) is 23.7 Å². The maximum atomic E-state index is 13.3. The van der Waals surface area contributed by atoms with Crippen LogP contribution in [0.3, 0.4) is 0 Å². The molecule has 2 amide bonds. The second-order valence-corrected chi connectivity index (χ2v) is 9.89. The first kappa shape index (κ1) is 22.0. The molecule has 0 atom stereocenters. The Morgan fingerprint density at radius 1 is 1.18 bits per heavy atom. The van der Waals surface area contributed by atoms with Crippen molar-refractivity contribution in [2.45, 2.75) is 33.2 Å². The molecule has 4 heterocycles. The standard InChI is InChI=1S/C23H24N8O2S/c1-13-27-28-21(34-13)17-11-18(31-19(17)20(24)25-12-26-31)15-6-5-7-16(10-15)29-8-9-30(14(2)32)23(3,4)22(29)33/h5-7,10-12H,8-9H2,1-4H3,(H2,24,25,26). The van der Waals surface area contributed by atoms with Crippen LogP contribution < -0.4 is 10.6 Å². The summed E-state index contributed by atoms with van der Waals surface area (Å²) in [4.78, 5) is 32.9. The summed E-state index contributed by atoms with van der Waals surface area (Å²) in [5.74, 6) is 0.114. The zero-order valence-corrected chi connectivity index (χ0v) is 20.1. The predicted octanol–water partition coefficient (Wildman–Crippen LogP) is 2.78. The predicted molar refractivity (Wildman–Crippen MR) is 130 cm³/mol. The number of nitrogen functional groups attached to an aromatic ring is 1. The van der Waals surface area contributed by atoms with Gasteiger partial charge in [0.2, 0.25) is 5.91 Å². The molecule has 0 saturated carbocycles. The van der Waals surface area contributed by atoms with Crippen LogP contribution in [0, 0.1) is 6.92 Å². The number of piperazine rings is 1. The number of aromatic nitrogens is 5. The molecule has 1 aromatic carbocycles. The van der Waals surface area contributed by atoms with Gasteiger partial charge in [-0.2, -0.15) is 5.10 Å². The third-order valence-corrected chi connectivity index (χ3v) is 7.04. The molecule has 0 aliphatic carbocycles. The summed E-state index contributed by atoms with van der Waals surface area (Å²) in [5.41, 5.74) is 9.17. The number of amides is 2. The summed E-state index contributed by atoms with van der Waals surface area (Å²) in [5, 5.41) is 14.4. The molecule has 34 heavy (non-hydrogen) atoms. The summed E-state index contributed by atoms with van der Waals surface area (Å²) >= 11 is 1.47. The number of carbonyl (C=O) groups is 2. The fraction of sp³-hybridized carbons (Fsp3) is 0.304. The zero-order valence-electron chi connectivity index (χ0n) is 19.3. The van der Waals surface area contributed by atoms with Crippen LogP contribution in [0.25, 0.3) is 27.3 Å². The Hall–Kier alpha value is -3.86. The molecule has 0 unspecified atom stereocenters. The Balaban J connectivity index is 1.60. The first-order valence-corrected chi connectivity index (χ1v) is 11.6. The van der Waals surface area contributed by atoms with Crippen molar-refractivity contribution in [2.24, 2.45) is 0 Å². The van der Waals surface area contributed by atoms with Gasteiger partial charge in [-0.15, -0.1) is 10.2 Å². The largest absolute Gasteiger partial charge is 0.382 e. The fourth-order valence-electron chi connectivity index (χ4n) is 4.50. The first-order chi connectivity index (χ1) is 16.2. The number of benzene rings is 1. The molecule has 11 heteroatoms. The second kappa shape index (κ2) is 7.87. The first-order valence-electron chi connectivity index (χ1n) is 10.8. The summed E-state index contributed by atoms with van der Waals surface area (Å²) in [6.07, 6.45) is 1.41. The van der Waals surface area contributed by atoms with Gasteiger partial charge in [-0.05, 0) is 39.0 Å². The van der Waals surface area contributed by atoms with Crippen LogP contribution in [0.1, 0.15) is 25.8 Å². The van der Waals surface area contributed by atoms with E-state index in [1.165, 1.54) is 24.6 Å². The molecule has 1 aliphatic heterocycles. The minimum absolute atomic E-state index is 0.108. The molecule has 174 valence electrons. The SMILES string of the molecule is CC(=O)N1CCN(c2cccc(-c3cc(-c4nnc(C)s4)c4c(N)ncnn34)c2)C(=O)C1(C)C. The molecule has 5 rings (SSSR count). The quantitative estimate of drug-likeness (QED) is 0.482. The number of hydrogen-bond acceptors (Lipinski definition) is 8. The maximum Gasteiger partial charge on any atom is 0.252 e. The van der Waals surface area contributed by atoms with Crippen molar-refractivity contribution >= 4 is 40.2 Å². The Morgan fingerprint density at radius 3 is 2.68 bits per heavy atom. The maximum absolute atomic E-state index is 13.3. The van der Waals surface area contributed by atoms with Crippen LogP contribution in [-0.4, -0.2) is 60.1 Å². The number of aryl methyl sites for hydroxylation is 1. The van der Waals surface area contributed by atoms with Gasteiger partial charge >= 0.3 is 0 Å². The molecule has 1 aliphatic rings. The highest BCUT2D eigenvalue weighted by Crippen LogP contribution is 2.37. The van der Waals surface area contributed by atoms with Gasteiger partial charge in [-0.1, -0.05) is 23.5 Å². The second-order valence-electron chi connectivity index (χ2n) is 8.71. The van der Waals surface area contributed by atoms with Crippen molar-refractivity contribution in [3.05, 3.63) is 41.7 Å². The van der Waals surface area contributed by atoms with Gasteiger partial charge in [0.05, 0.1) is 5.69 Å². The number of fused-ring (bicyclic) bond motifs is 1. The van der Waals surface area contributed by atoms with Gasteiger partial charge in [-0.25, -0.2) is 9.50 Å². The molecule has 0 bridgehead atoms. The van der Waals surface area contributed by atoms with E-state index < -0.39 is 5.54 Å². The molecule has 3 aromatic heterocycles. The number of carbonyl (C=O) groups excluding carboxylic acids is 2. The van der Waals surface area contributed by atoms with E-state index in [1.54, 1.807) is 28.2 Å². The third-order valence-electron chi connectivity index (χ3n) is 6.16. The van der Waals surface area contributed by atoms with Crippen LogP contribution >= 0.6 is 11.3 Å². The van der Waals surface area contributed by atoms with E-state index in [0.717, 1.165) is 32.5 Å². The normalized spacial score (nSPS) is 15.8. The van der Waals surface area contributed by atoms with Crippen LogP contribution in [0.5, 0.6) is 0 Å². The lowest BCUT2D eigenvalue weighted by Crippen LogP contribution is -2.64. The summed E-state index contributed by atoms with van der Waals surface area (Å²) in [6, 6.07) is 9.68. The van der Waals surface area contributed by atoms with Gasteiger partial charge in [0.15, 0.2) is 5.82 Å². The van der Waals surface area contributed by atoms with Gasteiger partial charge < -0.3 is 15.5 Å². The molecular formula is C23H24N8O2S. The van der Waals surface area contributed by atoms with E-state index in [9.17, 15) is 9.59 Å². The molecule has 0 spiro atoms. The number of hydrogen-bond donors (Lipinski definition) is 1. The Bertz CT molecular complexity index is 1440. The molecule has 0 radical (unpaired) electrons. The lowest BCUT2D eigenvalue weighted by molar-refractivity contribution is -0.145. The Labute approximate surface area is 200 Å². The topological polar surface area (TPSA) is 123 Å². The number of nitrogens with zero attached hydrogens (tertiary/aromatic N) is 7. The summed E-state index contributed by atoms with van der Waals surface area (Å²) in [7, 11) is 0. The van der Waals surface area contributed by atoms with E-state index in [4.69, 9.17) is 5.73 Å². The minimum atomic E-state index is -0.924. The van der Waals surface area contributed by atoms with Crippen LogP contribution in [-0.2, 0) is 9.59 Å². The van der Waals surface area contributed by atoms with Gasteiger partial charge in [-0.3, -0.25) is 9.59 Å². The lowest BCUT2D eigenvalue weighted by Gasteiger charge is -2.45. The van der Waals surface area contributed by atoms with E-state index >= 15 is 0 Å². The summed E-state index contributed by atoms with van der Waals surface area (Å²) < 4.78 is 1.74. The minimum Gasteiger partial charge on any atom is -0.382 e. The highest BCUT2D eigenvalue weighted by atomic mass is 32.1. The Morgan fingerprint density at radius 2 is 1.97 bits per heavy atom. The smallest absolute Gasteiger partial charge is 0.252 e. The van der Waals surface area contributed by atoms with E-state index in [1.807, 2.05) is 37.3 Å². The van der Waals surface area contributed by atoms with E-state index in [-0.39, 0.29) is 11.8 Å². The van der Waals surface area contributed by atoms with Crippen molar-refractivity contribution < 1.29 is 9.59 Å². The molecule has 1 saturated heterocycles. The van der Waals surface area contributed by atoms with Crippen molar-refractivity contribution in [3.8, 4) is 21.8 Å². The van der Waals surface area contributed by atoms with Gasteiger partial charge in [0.1, 0.15) is 27.4 Å². The average molecular weight is 477 g/mol. The van der Waals surface area contributed by atoms with Crippen LogP contribution in [0.15, 0.2) is 36.7 Å². The summed E-state index contributed by atoms with van der Waals surface area (Å²) in [6.45, 7) is 7.84. The highest BCUT2D eigenvalue weighted by molar-refractivity contribution is 7.14. The monoisotopic (exact) mass is 476 g/mol. The zero-order chi connectivity index (χ0) is 24.2. The molecule has 10 nitrogen and oxygen atoms in total.